The van der Waals surface area contributed by atoms with Crippen LogP contribution in [0.1, 0.15) is 17.7 Å². The van der Waals surface area contributed by atoms with E-state index < -0.39 is 12.0 Å². The van der Waals surface area contributed by atoms with Crippen LogP contribution in [-0.2, 0) is 4.79 Å². The molecule has 3 nitrogen and oxygen atoms in total. The quantitative estimate of drug-likeness (QED) is 0.798. The van der Waals surface area contributed by atoms with Crippen LogP contribution in [0, 0.1) is 0 Å². The number of thioether (sulfide) groups is 1. The molecule has 2 unspecified atom stereocenters. The molecule has 4 heteroatoms. The third kappa shape index (κ3) is 3.25. The number of aliphatic carboxylic acids is 1. The molecule has 1 aromatic carbocycles. The molecule has 88 valence electrons. The summed E-state index contributed by atoms with van der Waals surface area (Å²) in [5.41, 5.74) is 1.05. The number of hydrogen-bond donors (Lipinski definition) is 2. The minimum atomic E-state index is -0.808. The smallest absolute Gasteiger partial charge is 0.322 e. The van der Waals surface area contributed by atoms with Gasteiger partial charge in [0.1, 0.15) is 6.04 Å². The van der Waals surface area contributed by atoms with E-state index in [0.717, 1.165) is 11.3 Å². The molecule has 0 aliphatic heterocycles. The van der Waals surface area contributed by atoms with Gasteiger partial charge in [0.05, 0.1) is 5.25 Å². The summed E-state index contributed by atoms with van der Waals surface area (Å²) < 4.78 is 0. The van der Waals surface area contributed by atoms with Crippen LogP contribution in [0.3, 0.4) is 0 Å². The van der Waals surface area contributed by atoms with Gasteiger partial charge < -0.3 is 10.4 Å². The van der Waals surface area contributed by atoms with Crippen molar-refractivity contribution in [3.05, 3.63) is 35.9 Å². The van der Waals surface area contributed by atoms with E-state index in [2.05, 4.69) is 5.32 Å². The number of carboxylic acid groups (broad SMARTS) is 1. The molecule has 2 N–H and O–H groups in total. The maximum atomic E-state index is 11.1. The highest BCUT2D eigenvalue weighted by Crippen LogP contribution is 2.31. The summed E-state index contributed by atoms with van der Waals surface area (Å²) in [6.07, 6.45) is 0. The van der Waals surface area contributed by atoms with Gasteiger partial charge in [-0.2, -0.15) is 11.8 Å². The van der Waals surface area contributed by atoms with Gasteiger partial charge in [-0.1, -0.05) is 37.3 Å². The topological polar surface area (TPSA) is 49.3 Å². The van der Waals surface area contributed by atoms with Gasteiger partial charge in [-0.25, -0.2) is 0 Å². The molecule has 1 aromatic rings. The molecule has 0 bridgehead atoms. The van der Waals surface area contributed by atoms with Gasteiger partial charge in [0.15, 0.2) is 0 Å². The summed E-state index contributed by atoms with van der Waals surface area (Å²) >= 11 is 1.65. The minimum absolute atomic E-state index is 0.0475. The molecule has 0 heterocycles. The summed E-state index contributed by atoms with van der Waals surface area (Å²) in [7, 11) is 1.69. The highest BCUT2D eigenvalue weighted by atomic mass is 32.2. The fourth-order valence-electron chi connectivity index (χ4n) is 1.61. The van der Waals surface area contributed by atoms with Gasteiger partial charge in [-0.15, -0.1) is 0 Å². The first-order chi connectivity index (χ1) is 7.70. The van der Waals surface area contributed by atoms with Gasteiger partial charge in [-0.3, -0.25) is 4.79 Å². The van der Waals surface area contributed by atoms with Gasteiger partial charge in [0, 0.05) is 0 Å². The van der Waals surface area contributed by atoms with Crippen molar-refractivity contribution in [2.24, 2.45) is 0 Å². The number of likely N-dealkylation sites (N-methyl/N-ethyl adjacent to an activating group) is 1. The third-order valence-corrected chi connectivity index (χ3v) is 3.59. The Morgan fingerprint density at radius 1 is 1.44 bits per heavy atom. The number of hydrogen-bond acceptors (Lipinski definition) is 3. The number of carboxylic acids is 1. The number of benzene rings is 1. The zero-order valence-electron chi connectivity index (χ0n) is 9.51. The van der Waals surface area contributed by atoms with Crippen LogP contribution < -0.4 is 5.32 Å². The van der Waals surface area contributed by atoms with Crippen molar-refractivity contribution in [2.75, 3.05) is 12.8 Å². The monoisotopic (exact) mass is 239 g/mol. The zero-order valence-corrected chi connectivity index (χ0v) is 10.3. The first-order valence-corrected chi connectivity index (χ1v) is 6.32. The molecule has 0 aliphatic carbocycles. The second-order valence-corrected chi connectivity index (χ2v) is 4.81. The van der Waals surface area contributed by atoms with Crippen LogP contribution in [0.25, 0.3) is 0 Å². The SMILES string of the molecule is CCSC(c1ccccc1)C(NC)C(=O)O. The lowest BCUT2D eigenvalue weighted by Gasteiger charge is -2.23. The van der Waals surface area contributed by atoms with Crippen molar-refractivity contribution in [1.29, 1.82) is 0 Å². The second kappa shape index (κ2) is 6.55. The largest absolute Gasteiger partial charge is 0.480 e. The molecule has 0 aliphatic rings. The average molecular weight is 239 g/mol. The van der Waals surface area contributed by atoms with Crippen LogP contribution in [0.15, 0.2) is 30.3 Å². The molecule has 1 rings (SSSR count). The van der Waals surface area contributed by atoms with E-state index in [1.54, 1.807) is 18.8 Å². The van der Waals surface area contributed by atoms with E-state index in [4.69, 9.17) is 5.11 Å². The molecule has 0 radical (unpaired) electrons. The number of carbonyl (C=O) groups is 1. The Labute approximate surface area is 100 Å². The molecule has 0 saturated heterocycles. The van der Waals surface area contributed by atoms with Crippen LogP contribution >= 0.6 is 11.8 Å². The van der Waals surface area contributed by atoms with Crippen molar-refractivity contribution in [3.63, 3.8) is 0 Å². The highest BCUT2D eigenvalue weighted by Gasteiger charge is 2.27. The van der Waals surface area contributed by atoms with E-state index in [-0.39, 0.29) is 5.25 Å². The van der Waals surface area contributed by atoms with Crippen LogP contribution in [0.5, 0.6) is 0 Å². The Bertz CT molecular complexity index is 329. The Hall–Kier alpha value is -1.00. The lowest BCUT2D eigenvalue weighted by Crippen LogP contribution is -2.38. The minimum Gasteiger partial charge on any atom is -0.480 e. The lowest BCUT2D eigenvalue weighted by molar-refractivity contribution is -0.139. The van der Waals surface area contributed by atoms with Crippen molar-refractivity contribution < 1.29 is 9.90 Å². The Kier molecular flexibility index (Phi) is 5.35. The summed E-state index contributed by atoms with van der Waals surface area (Å²) in [6, 6.07) is 9.21. The summed E-state index contributed by atoms with van der Waals surface area (Å²) in [5.74, 6) is 0.0858. The van der Waals surface area contributed by atoms with Crippen molar-refractivity contribution in [1.82, 2.24) is 5.32 Å². The predicted molar refractivity (Wildman–Crippen MR) is 67.8 cm³/mol. The Morgan fingerprint density at radius 3 is 2.50 bits per heavy atom. The Balaban J connectivity index is 2.94. The molecular formula is C12H17NO2S. The zero-order chi connectivity index (χ0) is 12.0. The summed E-state index contributed by atoms with van der Waals surface area (Å²) in [4.78, 5) is 11.1. The van der Waals surface area contributed by atoms with E-state index in [1.807, 2.05) is 37.3 Å². The van der Waals surface area contributed by atoms with Crippen molar-refractivity contribution >= 4 is 17.7 Å². The van der Waals surface area contributed by atoms with Crippen molar-refractivity contribution in [3.8, 4) is 0 Å². The van der Waals surface area contributed by atoms with Gasteiger partial charge >= 0.3 is 5.97 Å². The first-order valence-electron chi connectivity index (χ1n) is 5.27. The van der Waals surface area contributed by atoms with Crippen LogP contribution in [0.2, 0.25) is 0 Å². The number of rotatable bonds is 6. The maximum Gasteiger partial charge on any atom is 0.322 e. The second-order valence-electron chi connectivity index (χ2n) is 3.39. The first kappa shape index (κ1) is 13.1. The lowest BCUT2D eigenvalue weighted by atomic mass is 10.1. The van der Waals surface area contributed by atoms with Gasteiger partial charge in [-0.05, 0) is 18.4 Å². The van der Waals surface area contributed by atoms with E-state index >= 15 is 0 Å². The predicted octanol–water partition coefficient (Wildman–Crippen LogP) is 2.15. The molecule has 0 aromatic heterocycles. The van der Waals surface area contributed by atoms with Gasteiger partial charge in [0.2, 0.25) is 0 Å². The third-order valence-electron chi connectivity index (χ3n) is 2.35. The van der Waals surface area contributed by atoms with Crippen LogP contribution in [0.4, 0.5) is 0 Å². The molecular weight excluding hydrogens is 222 g/mol. The molecule has 0 spiro atoms. The molecule has 2 atom stereocenters. The summed E-state index contributed by atoms with van der Waals surface area (Å²) in [6.45, 7) is 2.04. The number of nitrogens with one attached hydrogen (secondary N) is 1. The van der Waals surface area contributed by atoms with Crippen molar-refractivity contribution in [2.45, 2.75) is 18.2 Å². The molecule has 0 fully saturated rings. The van der Waals surface area contributed by atoms with Gasteiger partial charge in [0.25, 0.3) is 0 Å². The van der Waals surface area contributed by atoms with E-state index in [1.165, 1.54) is 0 Å². The highest BCUT2D eigenvalue weighted by molar-refractivity contribution is 7.99. The van der Waals surface area contributed by atoms with Crippen LogP contribution in [-0.4, -0.2) is 29.9 Å². The normalized spacial score (nSPS) is 14.4. The maximum absolute atomic E-state index is 11.1. The fourth-order valence-corrected chi connectivity index (χ4v) is 2.77. The summed E-state index contributed by atoms with van der Waals surface area (Å²) in [5, 5.41) is 12.0. The standard InChI is InChI=1S/C12H17NO2S/c1-3-16-11(10(13-2)12(14)15)9-7-5-4-6-8-9/h4-8,10-11,13H,3H2,1-2H3,(H,14,15). The van der Waals surface area contributed by atoms with E-state index in [0.29, 0.717) is 0 Å². The molecule has 0 saturated carbocycles. The molecule has 0 amide bonds. The van der Waals surface area contributed by atoms with E-state index in [9.17, 15) is 4.79 Å². The molecule has 16 heavy (non-hydrogen) atoms. The Morgan fingerprint density at radius 2 is 2.06 bits per heavy atom. The average Bonchev–Trinajstić information content (AvgIpc) is 2.29. The fraction of sp³-hybridized carbons (Fsp3) is 0.417.